The van der Waals surface area contributed by atoms with Crippen LogP contribution in [-0.2, 0) is 20.7 Å². The van der Waals surface area contributed by atoms with Crippen LogP contribution in [0.25, 0.3) is 11.0 Å². The molecule has 2 amide bonds. The molecule has 210 valence electrons. The van der Waals surface area contributed by atoms with Crippen molar-refractivity contribution < 1.29 is 23.9 Å². The molecular weight excluding hydrogens is 496 g/mol. The van der Waals surface area contributed by atoms with E-state index in [0.29, 0.717) is 11.8 Å². The van der Waals surface area contributed by atoms with E-state index >= 15 is 0 Å². The number of aldehydes is 1. The largest absolute Gasteiger partial charge is 0.471 e. The lowest BCUT2D eigenvalue weighted by atomic mass is 9.85. The van der Waals surface area contributed by atoms with E-state index in [1.807, 2.05) is 58.9 Å². The summed E-state index contributed by atoms with van der Waals surface area (Å²) in [5.41, 5.74) is 1.25. The predicted molar refractivity (Wildman–Crippen MR) is 146 cm³/mol. The Labute approximate surface area is 230 Å². The van der Waals surface area contributed by atoms with Crippen LogP contribution in [0.3, 0.4) is 0 Å². The molecule has 0 unspecified atom stereocenters. The fourth-order valence-corrected chi connectivity index (χ4v) is 5.98. The van der Waals surface area contributed by atoms with Crippen molar-refractivity contribution in [3.05, 3.63) is 30.0 Å². The number of aryl methyl sites for hydroxylation is 1. The molecule has 9 heteroatoms. The van der Waals surface area contributed by atoms with E-state index in [0.717, 1.165) is 61.5 Å². The Morgan fingerprint density at radius 1 is 1.10 bits per heavy atom. The van der Waals surface area contributed by atoms with Crippen molar-refractivity contribution in [1.82, 2.24) is 20.2 Å². The first-order chi connectivity index (χ1) is 18.5. The highest BCUT2D eigenvalue weighted by Gasteiger charge is 2.54. The molecule has 6 atom stereocenters. The van der Waals surface area contributed by atoms with Crippen LogP contribution < -0.4 is 10.1 Å². The third kappa shape index (κ3) is 5.58. The van der Waals surface area contributed by atoms with Gasteiger partial charge in [0.15, 0.2) is 0 Å². The van der Waals surface area contributed by atoms with Gasteiger partial charge in [-0.25, -0.2) is 14.8 Å². The molecule has 3 heterocycles. The highest BCUT2D eigenvalue weighted by atomic mass is 16.6. The molecule has 1 saturated heterocycles. The monoisotopic (exact) mass is 536 g/mol. The van der Waals surface area contributed by atoms with E-state index in [1.54, 1.807) is 0 Å². The first kappa shape index (κ1) is 27.3. The van der Waals surface area contributed by atoms with Crippen molar-refractivity contribution in [2.75, 3.05) is 6.54 Å². The first-order valence-electron chi connectivity index (χ1n) is 14.2. The number of nitrogens with zero attached hydrogens (tertiary/aromatic N) is 3. The molecule has 0 spiro atoms. The fourth-order valence-electron chi connectivity index (χ4n) is 5.98. The number of para-hydroxylation sites is 2. The van der Waals surface area contributed by atoms with Gasteiger partial charge in [-0.2, -0.15) is 0 Å². The Hall–Kier alpha value is -3.23. The summed E-state index contributed by atoms with van der Waals surface area (Å²) in [4.78, 5) is 50.4. The molecule has 1 aliphatic carbocycles. The van der Waals surface area contributed by atoms with E-state index in [9.17, 15) is 14.4 Å². The first-order valence-corrected chi connectivity index (χ1v) is 14.2. The van der Waals surface area contributed by atoms with E-state index in [2.05, 4.69) is 5.32 Å². The molecule has 1 aromatic carbocycles. The Morgan fingerprint density at radius 2 is 1.82 bits per heavy atom. The molecule has 9 nitrogen and oxygen atoms in total. The molecule has 1 N–H and O–H groups in total. The second-order valence-corrected chi connectivity index (χ2v) is 12.7. The van der Waals surface area contributed by atoms with Gasteiger partial charge in [-0.1, -0.05) is 52.7 Å². The fraction of sp³-hybridized carbons (Fsp3) is 0.633. The molecule has 1 saturated carbocycles. The average Bonchev–Trinajstić information content (AvgIpc) is 3.40. The van der Waals surface area contributed by atoms with Crippen LogP contribution >= 0.6 is 0 Å². The predicted octanol–water partition coefficient (Wildman–Crippen LogP) is 4.46. The number of ether oxygens (including phenoxy) is 2. The molecule has 39 heavy (non-hydrogen) atoms. The maximum Gasteiger partial charge on any atom is 0.408 e. The third-order valence-corrected chi connectivity index (χ3v) is 8.68. The average molecular weight is 537 g/mol. The van der Waals surface area contributed by atoms with Gasteiger partial charge in [0.1, 0.15) is 29.7 Å². The second kappa shape index (κ2) is 10.4. The van der Waals surface area contributed by atoms with Gasteiger partial charge in [0, 0.05) is 11.8 Å². The minimum Gasteiger partial charge on any atom is -0.471 e. The van der Waals surface area contributed by atoms with Gasteiger partial charge in [-0.15, -0.1) is 0 Å². The summed E-state index contributed by atoms with van der Waals surface area (Å²) in [6.07, 6.45) is 5.27. The molecule has 0 radical (unpaired) electrons. The van der Waals surface area contributed by atoms with Gasteiger partial charge in [0.25, 0.3) is 0 Å². The van der Waals surface area contributed by atoms with Crippen LogP contribution in [0.2, 0.25) is 0 Å². The molecule has 2 aromatic rings. The summed E-state index contributed by atoms with van der Waals surface area (Å²) >= 11 is 0. The van der Waals surface area contributed by atoms with E-state index < -0.39 is 35.3 Å². The van der Waals surface area contributed by atoms with Crippen LogP contribution in [0.4, 0.5) is 4.79 Å². The Morgan fingerprint density at radius 3 is 2.51 bits per heavy atom. The number of alkyl carbamates (subject to hydrolysis) is 1. The number of benzene rings is 1. The van der Waals surface area contributed by atoms with E-state index in [-0.39, 0.29) is 18.4 Å². The molecule has 2 aliphatic heterocycles. The van der Waals surface area contributed by atoms with Gasteiger partial charge in [0.05, 0.1) is 23.6 Å². The SMILES string of the molecule is C[C@@H]1[C@@H]2CN(C(=O)[C@H](C(C)(C)C)NC(=O)O[C@]3(C)C[C@H]3CCCCCc3nc4ccccc4nc3O2)[C@@H]1C=O. The topological polar surface area (TPSA) is 111 Å². The van der Waals surface area contributed by atoms with Crippen molar-refractivity contribution in [3.8, 4) is 5.88 Å². The highest BCUT2D eigenvalue weighted by Crippen LogP contribution is 2.49. The number of rotatable bonds is 1. The Bertz CT molecular complexity index is 1260. The van der Waals surface area contributed by atoms with Crippen molar-refractivity contribution in [3.63, 3.8) is 0 Å². The third-order valence-electron chi connectivity index (χ3n) is 8.68. The quantitative estimate of drug-likeness (QED) is 0.536. The highest BCUT2D eigenvalue weighted by molar-refractivity contribution is 5.89. The van der Waals surface area contributed by atoms with Crippen LogP contribution in [0.1, 0.15) is 72.4 Å². The van der Waals surface area contributed by atoms with Crippen molar-refractivity contribution >= 4 is 29.3 Å². The molecular formula is C30H40N4O5. The smallest absolute Gasteiger partial charge is 0.408 e. The lowest BCUT2D eigenvalue weighted by Gasteiger charge is -2.34. The maximum atomic E-state index is 13.9. The standard InChI is InChI=1S/C30H40N4O5/c1-18-23(17-35)34-16-24(18)38-26-22(31-20-12-9-10-13-21(20)32-26)14-8-6-7-11-19-15-30(19,5)39-28(37)33-25(27(34)36)29(2,3)4/h9-10,12-13,17-19,23-25H,6-8,11,14-16H2,1-5H3,(H,33,37)/t18-,19+,23+,24-,25+,30+/m0/s1. The molecule has 5 rings (SSSR count). The Balaban J connectivity index is 1.49. The number of hydrogen-bond acceptors (Lipinski definition) is 7. The normalized spacial score (nSPS) is 32.1. The van der Waals surface area contributed by atoms with E-state index in [1.165, 1.54) is 4.90 Å². The zero-order valence-corrected chi connectivity index (χ0v) is 23.6. The van der Waals surface area contributed by atoms with Crippen LogP contribution in [0.15, 0.2) is 24.3 Å². The summed E-state index contributed by atoms with van der Waals surface area (Å²) < 4.78 is 12.3. The summed E-state index contributed by atoms with van der Waals surface area (Å²) in [5, 5.41) is 2.84. The second-order valence-electron chi connectivity index (χ2n) is 12.7. The number of carbonyl (C=O) groups is 3. The number of aromatic nitrogens is 2. The molecule has 2 fully saturated rings. The number of fused-ring (bicyclic) bond motifs is 5. The van der Waals surface area contributed by atoms with Gasteiger partial charge < -0.3 is 24.5 Å². The molecule has 2 bridgehead atoms. The lowest BCUT2D eigenvalue weighted by molar-refractivity contribution is -0.139. The minimum absolute atomic E-state index is 0.209. The number of carbonyl (C=O) groups excluding carboxylic acids is 3. The lowest BCUT2D eigenvalue weighted by Crippen LogP contribution is -2.56. The van der Waals surface area contributed by atoms with Gasteiger partial charge >= 0.3 is 6.09 Å². The van der Waals surface area contributed by atoms with Crippen molar-refractivity contribution in [2.24, 2.45) is 17.3 Å². The van der Waals surface area contributed by atoms with Crippen LogP contribution in [0, 0.1) is 17.3 Å². The molecule has 3 aliphatic rings. The van der Waals surface area contributed by atoms with Gasteiger partial charge in [-0.3, -0.25) is 4.79 Å². The maximum absolute atomic E-state index is 13.9. The number of nitrogens with one attached hydrogen (secondary N) is 1. The van der Waals surface area contributed by atoms with Crippen LogP contribution in [-0.4, -0.2) is 63.5 Å². The van der Waals surface area contributed by atoms with Crippen molar-refractivity contribution in [1.29, 1.82) is 0 Å². The van der Waals surface area contributed by atoms with Crippen LogP contribution in [0.5, 0.6) is 5.88 Å². The van der Waals surface area contributed by atoms with Crippen molar-refractivity contribution in [2.45, 2.75) is 96.9 Å². The minimum atomic E-state index is -0.867. The summed E-state index contributed by atoms with van der Waals surface area (Å²) in [6.45, 7) is 9.76. The Kier molecular flexibility index (Phi) is 7.29. The zero-order valence-electron chi connectivity index (χ0n) is 23.6. The van der Waals surface area contributed by atoms with Gasteiger partial charge in [-0.05, 0) is 50.2 Å². The molecule has 1 aromatic heterocycles. The summed E-state index contributed by atoms with van der Waals surface area (Å²) in [6, 6.07) is 6.17. The summed E-state index contributed by atoms with van der Waals surface area (Å²) in [7, 11) is 0. The number of hydrogen-bond donors (Lipinski definition) is 1. The zero-order chi connectivity index (χ0) is 27.9. The van der Waals surface area contributed by atoms with E-state index in [4.69, 9.17) is 19.4 Å². The number of amides is 2. The van der Waals surface area contributed by atoms with Gasteiger partial charge in [0.2, 0.25) is 11.8 Å². The summed E-state index contributed by atoms with van der Waals surface area (Å²) in [5.74, 6) is 0.186.